The maximum atomic E-state index is 12.6. The Morgan fingerprint density at radius 1 is 1.22 bits per heavy atom. The van der Waals surface area contributed by atoms with Gasteiger partial charge in [-0.2, -0.15) is 4.99 Å². The Kier molecular flexibility index (Phi) is 5.48. The fourth-order valence-corrected chi connectivity index (χ4v) is 3.86. The van der Waals surface area contributed by atoms with Gasteiger partial charge >= 0.3 is 0 Å². The van der Waals surface area contributed by atoms with Gasteiger partial charge in [-0.05, 0) is 75.2 Å². The first kappa shape index (κ1) is 18.9. The van der Waals surface area contributed by atoms with Crippen molar-refractivity contribution in [3.63, 3.8) is 0 Å². The summed E-state index contributed by atoms with van der Waals surface area (Å²) < 4.78 is 8.60. The van der Waals surface area contributed by atoms with Gasteiger partial charge in [-0.25, -0.2) is 0 Å². The number of fused-ring (bicyclic) bond motifs is 1. The summed E-state index contributed by atoms with van der Waals surface area (Å²) in [6.45, 7) is 8.43. The molecule has 1 aromatic heterocycles. The summed E-state index contributed by atoms with van der Waals surface area (Å²) in [4.78, 5) is 17.6. The van der Waals surface area contributed by atoms with Crippen LogP contribution >= 0.6 is 11.3 Å². The van der Waals surface area contributed by atoms with Crippen molar-refractivity contribution in [3.8, 4) is 18.1 Å². The van der Waals surface area contributed by atoms with Crippen molar-refractivity contribution in [2.24, 2.45) is 4.99 Å². The second-order valence-electron chi connectivity index (χ2n) is 6.69. The molecule has 0 radical (unpaired) electrons. The van der Waals surface area contributed by atoms with Crippen LogP contribution in [0.1, 0.15) is 35.3 Å². The molecule has 27 heavy (non-hydrogen) atoms. The Hall–Kier alpha value is -2.84. The van der Waals surface area contributed by atoms with Crippen LogP contribution in [-0.2, 0) is 6.54 Å². The van der Waals surface area contributed by atoms with Crippen LogP contribution in [0.4, 0.5) is 0 Å². The number of carbonyl (C=O) groups excluding carboxylic acids is 1. The molecule has 0 aliphatic carbocycles. The molecule has 0 aliphatic heterocycles. The highest BCUT2D eigenvalue weighted by Gasteiger charge is 2.10. The monoisotopic (exact) mass is 378 g/mol. The van der Waals surface area contributed by atoms with Crippen LogP contribution < -0.4 is 9.54 Å². The molecule has 5 heteroatoms. The molecule has 1 heterocycles. The number of aryl methyl sites for hydroxylation is 2. The molecule has 4 nitrogen and oxygen atoms in total. The first-order valence-corrected chi connectivity index (χ1v) is 9.60. The van der Waals surface area contributed by atoms with E-state index in [2.05, 4.69) is 36.9 Å². The number of rotatable bonds is 4. The van der Waals surface area contributed by atoms with Crippen molar-refractivity contribution < 1.29 is 9.53 Å². The number of terminal acetylenes is 1. The zero-order valence-electron chi connectivity index (χ0n) is 15.9. The third-order valence-corrected chi connectivity index (χ3v) is 5.26. The van der Waals surface area contributed by atoms with Gasteiger partial charge in [-0.1, -0.05) is 17.3 Å². The topological polar surface area (TPSA) is 43.6 Å². The van der Waals surface area contributed by atoms with Gasteiger partial charge in [0, 0.05) is 5.56 Å². The van der Waals surface area contributed by atoms with Crippen LogP contribution in [0.2, 0.25) is 0 Å². The molecule has 0 bridgehead atoms. The summed E-state index contributed by atoms with van der Waals surface area (Å²) in [5, 5.41) is 0. The number of thiazole rings is 1. The highest BCUT2D eigenvalue weighted by molar-refractivity contribution is 7.16. The van der Waals surface area contributed by atoms with Crippen molar-refractivity contribution >= 4 is 27.5 Å². The van der Waals surface area contributed by atoms with Crippen molar-refractivity contribution in [3.05, 3.63) is 57.9 Å². The minimum absolute atomic E-state index is 0.0874. The number of hydrogen-bond acceptors (Lipinski definition) is 3. The van der Waals surface area contributed by atoms with Crippen molar-refractivity contribution in [2.75, 3.05) is 0 Å². The lowest BCUT2D eigenvalue weighted by Crippen LogP contribution is -2.16. The van der Waals surface area contributed by atoms with Gasteiger partial charge in [0.1, 0.15) is 5.75 Å². The number of benzene rings is 2. The van der Waals surface area contributed by atoms with Crippen molar-refractivity contribution in [2.45, 2.75) is 40.3 Å². The predicted octanol–water partition coefficient (Wildman–Crippen LogP) is 4.48. The number of aromatic nitrogens is 1. The molecule has 0 N–H and O–H groups in total. The second-order valence-corrected chi connectivity index (χ2v) is 7.70. The van der Waals surface area contributed by atoms with Gasteiger partial charge in [0.05, 0.1) is 22.9 Å². The maximum absolute atomic E-state index is 12.6. The quantitative estimate of drug-likeness (QED) is 0.628. The molecule has 1 amide bonds. The van der Waals surface area contributed by atoms with E-state index in [4.69, 9.17) is 11.2 Å². The van der Waals surface area contributed by atoms with Gasteiger partial charge in [-0.15, -0.1) is 6.42 Å². The smallest absolute Gasteiger partial charge is 0.279 e. The Morgan fingerprint density at radius 3 is 2.52 bits per heavy atom. The molecule has 0 fully saturated rings. The van der Waals surface area contributed by atoms with E-state index in [1.165, 1.54) is 22.5 Å². The molecule has 0 spiro atoms. The van der Waals surface area contributed by atoms with E-state index < -0.39 is 0 Å². The van der Waals surface area contributed by atoms with Crippen molar-refractivity contribution in [1.82, 2.24) is 4.57 Å². The minimum atomic E-state index is -0.295. The zero-order valence-corrected chi connectivity index (χ0v) is 16.8. The highest BCUT2D eigenvalue weighted by atomic mass is 32.1. The lowest BCUT2D eigenvalue weighted by Gasteiger charge is -2.09. The molecule has 3 rings (SSSR count). The molecular weight excluding hydrogens is 356 g/mol. The Morgan fingerprint density at radius 2 is 1.89 bits per heavy atom. The maximum Gasteiger partial charge on any atom is 0.279 e. The Labute approximate surface area is 163 Å². The van der Waals surface area contributed by atoms with E-state index in [9.17, 15) is 4.79 Å². The van der Waals surface area contributed by atoms with Crippen LogP contribution in [0.15, 0.2) is 41.4 Å². The average molecular weight is 378 g/mol. The van der Waals surface area contributed by atoms with E-state index in [-0.39, 0.29) is 12.0 Å². The molecule has 0 unspecified atom stereocenters. The van der Waals surface area contributed by atoms with E-state index in [1.807, 2.05) is 18.4 Å². The Bertz CT molecular complexity index is 1100. The number of amides is 1. The Balaban J connectivity index is 2.03. The van der Waals surface area contributed by atoms with E-state index >= 15 is 0 Å². The molecule has 138 valence electrons. The normalized spacial score (nSPS) is 11.8. The number of carbonyl (C=O) groups is 1. The lowest BCUT2D eigenvalue weighted by atomic mass is 10.1. The standard InChI is InChI=1S/C22H22N2O2S/c1-6-11-24-19-12-15(4)16(5)13-20(19)27-22(24)23-21(25)17-7-9-18(10-8-17)26-14(2)3/h1,7-10,12-14H,11H2,2-5H3. The predicted molar refractivity (Wildman–Crippen MR) is 110 cm³/mol. The number of nitrogens with zero attached hydrogens (tertiary/aromatic N) is 2. The van der Waals surface area contributed by atoms with Gasteiger partial charge in [-0.3, -0.25) is 4.79 Å². The molecule has 0 atom stereocenters. The minimum Gasteiger partial charge on any atom is -0.491 e. The third-order valence-electron chi connectivity index (χ3n) is 4.22. The van der Waals surface area contributed by atoms with Crippen LogP contribution in [0.5, 0.6) is 5.75 Å². The van der Waals surface area contributed by atoms with E-state index in [1.54, 1.807) is 24.3 Å². The lowest BCUT2D eigenvalue weighted by molar-refractivity contribution is 0.0998. The summed E-state index contributed by atoms with van der Waals surface area (Å²) >= 11 is 1.48. The van der Waals surface area contributed by atoms with Crippen LogP contribution in [0.25, 0.3) is 10.2 Å². The van der Waals surface area contributed by atoms with Gasteiger partial charge < -0.3 is 9.30 Å². The SMILES string of the molecule is C#CCn1c(=NC(=O)c2ccc(OC(C)C)cc2)sc2cc(C)c(C)cc21. The summed E-state index contributed by atoms with van der Waals surface area (Å²) in [6, 6.07) is 11.3. The third kappa shape index (κ3) is 4.12. The van der Waals surface area contributed by atoms with Crippen molar-refractivity contribution in [1.29, 1.82) is 0 Å². The average Bonchev–Trinajstić information content (AvgIpc) is 2.92. The molecule has 0 saturated carbocycles. The molecular formula is C22H22N2O2S. The summed E-state index contributed by atoms with van der Waals surface area (Å²) in [7, 11) is 0. The summed E-state index contributed by atoms with van der Waals surface area (Å²) in [5.41, 5.74) is 3.91. The fraction of sp³-hybridized carbons (Fsp3) is 0.273. The van der Waals surface area contributed by atoms with E-state index in [0.717, 1.165) is 16.0 Å². The summed E-state index contributed by atoms with van der Waals surface area (Å²) in [5.74, 6) is 3.10. The first-order valence-electron chi connectivity index (χ1n) is 8.79. The fourth-order valence-electron chi connectivity index (χ4n) is 2.75. The van der Waals surface area contributed by atoms with Gasteiger partial charge in [0.25, 0.3) is 5.91 Å². The van der Waals surface area contributed by atoms with Gasteiger partial charge in [0.2, 0.25) is 0 Å². The molecule has 0 saturated heterocycles. The number of ether oxygens (including phenoxy) is 1. The number of hydrogen-bond donors (Lipinski definition) is 0. The molecule has 2 aromatic carbocycles. The largest absolute Gasteiger partial charge is 0.491 e. The summed E-state index contributed by atoms with van der Waals surface area (Å²) in [6.07, 6.45) is 5.63. The molecule has 3 aromatic rings. The van der Waals surface area contributed by atoms with Crippen LogP contribution in [0, 0.1) is 26.2 Å². The second kappa shape index (κ2) is 7.81. The van der Waals surface area contributed by atoms with E-state index in [0.29, 0.717) is 16.9 Å². The molecule has 0 aliphatic rings. The van der Waals surface area contributed by atoms with Gasteiger partial charge in [0.15, 0.2) is 4.80 Å². The first-order chi connectivity index (χ1) is 12.9. The van der Waals surface area contributed by atoms with Crippen LogP contribution in [0.3, 0.4) is 0 Å². The highest BCUT2D eigenvalue weighted by Crippen LogP contribution is 2.22. The van der Waals surface area contributed by atoms with Crippen LogP contribution in [-0.4, -0.2) is 16.6 Å². The zero-order chi connectivity index (χ0) is 19.6.